The highest BCUT2D eigenvalue weighted by atomic mass is 32.1. The molecule has 0 radical (unpaired) electrons. The Kier molecular flexibility index (Phi) is 7.67. The smallest absolute Gasteiger partial charge is 0.340 e. The Morgan fingerprint density at radius 2 is 2.19 bits per heavy atom. The highest BCUT2D eigenvalue weighted by Gasteiger charge is 2.16. The van der Waals surface area contributed by atoms with Crippen LogP contribution >= 0.6 is 23.6 Å². The molecule has 21 heavy (non-hydrogen) atoms. The summed E-state index contributed by atoms with van der Waals surface area (Å²) in [7, 11) is 1.38. The van der Waals surface area contributed by atoms with E-state index in [4.69, 9.17) is 17.0 Å². The van der Waals surface area contributed by atoms with Crippen molar-refractivity contribution in [3.05, 3.63) is 16.5 Å². The van der Waals surface area contributed by atoms with Crippen LogP contribution in [0.3, 0.4) is 0 Å². The first kappa shape index (κ1) is 17.9. The van der Waals surface area contributed by atoms with E-state index in [2.05, 4.69) is 24.5 Å². The lowest BCUT2D eigenvalue weighted by Crippen LogP contribution is -2.35. The average Bonchev–Trinajstić information content (AvgIpc) is 2.78. The Balaban J connectivity index is 2.56. The molecule has 0 saturated carbocycles. The second-order valence-electron chi connectivity index (χ2n) is 5.09. The van der Waals surface area contributed by atoms with E-state index in [-0.39, 0.29) is 5.97 Å². The van der Waals surface area contributed by atoms with E-state index in [9.17, 15) is 4.79 Å². The highest BCUT2D eigenvalue weighted by Crippen LogP contribution is 2.28. The van der Waals surface area contributed by atoms with Crippen molar-refractivity contribution in [1.29, 1.82) is 0 Å². The van der Waals surface area contributed by atoms with E-state index in [1.54, 1.807) is 0 Å². The lowest BCUT2D eigenvalue weighted by atomic mass is 10.1. The van der Waals surface area contributed by atoms with Gasteiger partial charge in [-0.3, -0.25) is 0 Å². The summed E-state index contributed by atoms with van der Waals surface area (Å²) in [5, 5.41) is 7.64. The van der Waals surface area contributed by atoms with E-state index in [1.165, 1.54) is 37.7 Å². The molecule has 0 aliphatic rings. The van der Waals surface area contributed by atoms with Gasteiger partial charge in [-0.15, -0.1) is 11.3 Å². The maximum atomic E-state index is 11.7. The Morgan fingerprint density at radius 1 is 1.48 bits per heavy atom. The molecule has 4 nitrogen and oxygen atoms in total. The monoisotopic (exact) mass is 328 g/mol. The van der Waals surface area contributed by atoms with Gasteiger partial charge in [-0.25, -0.2) is 4.79 Å². The standard InChI is InChI=1S/C15H24N2O2S2/c1-5-6-7-8-10(2)16-15(20)17-13-12(14(18)19-4)9-11(3)21-13/h9-10H,5-8H2,1-4H3,(H2,16,17,20). The minimum Gasteiger partial charge on any atom is -0.465 e. The largest absolute Gasteiger partial charge is 0.465 e. The molecular formula is C15H24N2O2S2. The number of rotatable bonds is 7. The van der Waals surface area contributed by atoms with Gasteiger partial charge in [0.15, 0.2) is 5.11 Å². The lowest BCUT2D eigenvalue weighted by molar-refractivity contribution is 0.0602. The van der Waals surface area contributed by atoms with Crippen LogP contribution in [-0.4, -0.2) is 24.2 Å². The lowest BCUT2D eigenvalue weighted by Gasteiger charge is -2.16. The molecule has 0 bridgehead atoms. The van der Waals surface area contributed by atoms with E-state index >= 15 is 0 Å². The number of nitrogens with one attached hydrogen (secondary N) is 2. The summed E-state index contributed by atoms with van der Waals surface area (Å²) in [6.45, 7) is 6.26. The van der Waals surface area contributed by atoms with Gasteiger partial charge in [0.2, 0.25) is 0 Å². The van der Waals surface area contributed by atoms with E-state index in [1.807, 2.05) is 13.0 Å². The van der Waals surface area contributed by atoms with Gasteiger partial charge in [-0.05, 0) is 38.6 Å². The van der Waals surface area contributed by atoms with Crippen LogP contribution in [0.1, 0.15) is 54.8 Å². The van der Waals surface area contributed by atoms with Gasteiger partial charge in [0.25, 0.3) is 0 Å². The van der Waals surface area contributed by atoms with Crippen molar-refractivity contribution in [3.8, 4) is 0 Å². The molecule has 1 aromatic heterocycles. The minimum atomic E-state index is -0.347. The Labute approximate surface area is 136 Å². The van der Waals surface area contributed by atoms with Crippen molar-refractivity contribution in [1.82, 2.24) is 5.32 Å². The number of thiophene rings is 1. The van der Waals surface area contributed by atoms with Crippen molar-refractivity contribution in [3.63, 3.8) is 0 Å². The molecule has 2 N–H and O–H groups in total. The fourth-order valence-electron chi connectivity index (χ4n) is 2.00. The third-order valence-electron chi connectivity index (χ3n) is 3.11. The van der Waals surface area contributed by atoms with Crippen molar-refractivity contribution in [2.24, 2.45) is 0 Å². The number of carbonyl (C=O) groups is 1. The molecule has 1 rings (SSSR count). The first-order chi connectivity index (χ1) is 9.97. The molecule has 1 heterocycles. The number of thiocarbonyl (C=S) groups is 1. The average molecular weight is 329 g/mol. The second-order valence-corrected chi connectivity index (χ2v) is 6.75. The van der Waals surface area contributed by atoms with Gasteiger partial charge < -0.3 is 15.4 Å². The predicted octanol–water partition coefficient (Wildman–Crippen LogP) is 4.10. The van der Waals surface area contributed by atoms with Gasteiger partial charge in [-0.1, -0.05) is 26.2 Å². The molecule has 0 spiro atoms. The number of aryl methyl sites for hydroxylation is 1. The molecule has 118 valence electrons. The zero-order chi connectivity index (χ0) is 15.8. The van der Waals surface area contributed by atoms with E-state index < -0.39 is 0 Å². The number of carbonyl (C=O) groups excluding carboxylic acids is 1. The first-order valence-electron chi connectivity index (χ1n) is 7.24. The maximum Gasteiger partial charge on any atom is 0.340 e. The van der Waals surface area contributed by atoms with Crippen molar-refractivity contribution >= 4 is 39.6 Å². The molecule has 1 aromatic rings. The summed E-state index contributed by atoms with van der Waals surface area (Å²) < 4.78 is 4.78. The summed E-state index contributed by atoms with van der Waals surface area (Å²) in [6.07, 6.45) is 4.73. The fraction of sp³-hybridized carbons (Fsp3) is 0.600. The van der Waals surface area contributed by atoms with Gasteiger partial charge in [0.05, 0.1) is 12.7 Å². The van der Waals surface area contributed by atoms with E-state index in [0.29, 0.717) is 16.7 Å². The van der Waals surface area contributed by atoms with Gasteiger partial charge in [-0.2, -0.15) is 0 Å². The summed E-state index contributed by atoms with van der Waals surface area (Å²) in [5.74, 6) is -0.347. The van der Waals surface area contributed by atoms with Gasteiger partial charge in [0, 0.05) is 10.9 Å². The van der Waals surface area contributed by atoms with Crippen LogP contribution in [0.5, 0.6) is 0 Å². The highest BCUT2D eigenvalue weighted by molar-refractivity contribution is 7.80. The van der Waals surface area contributed by atoms with Crippen LogP contribution in [-0.2, 0) is 4.74 Å². The molecule has 0 aliphatic heterocycles. The van der Waals surface area contributed by atoms with Gasteiger partial charge >= 0.3 is 5.97 Å². The zero-order valence-electron chi connectivity index (χ0n) is 13.1. The normalized spacial score (nSPS) is 11.8. The zero-order valence-corrected chi connectivity index (χ0v) is 14.7. The molecular weight excluding hydrogens is 304 g/mol. The van der Waals surface area contributed by atoms with Crippen molar-refractivity contribution in [2.75, 3.05) is 12.4 Å². The summed E-state index contributed by atoms with van der Waals surface area (Å²) >= 11 is 6.81. The third-order valence-corrected chi connectivity index (χ3v) is 4.29. The molecule has 0 amide bonds. The van der Waals surface area contributed by atoms with Crippen LogP contribution in [0.2, 0.25) is 0 Å². The summed E-state index contributed by atoms with van der Waals surface area (Å²) in [5.41, 5.74) is 0.530. The van der Waals surface area contributed by atoms with Crippen molar-refractivity contribution < 1.29 is 9.53 Å². The summed E-state index contributed by atoms with van der Waals surface area (Å²) in [4.78, 5) is 12.7. The predicted molar refractivity (Wildman–Crippen MR) is 93.4 cm³/mol. The molecule has 0 saturated heterocycles. The Morgan fingerprint density at radius 3 is 2.81 bits per heavy atom. The number of unbranched alkanes of at least 4 members (excludes halogenated alkanes) is 2. The van der Waals surface area contributed by atoms with Gasteiger partial charge in [0.1, 0.15) is 5.00 Å². The molecule has 1 atom stereocenters. The first-order valence-corrected chi connectivity index (χ1v) is 8.46. The number of hydrogen-bond donors (Lipinski definition) is 2. The summed E-state index contributed by atoms with van der Waals surface area (Å²) in [6, 6.07) is 2.13. The number of esters is 1. The SMILES string of the molecule is CCCCCC(C)NC(=S)Nc1sc(C)cc1C(=O)OC. The number of ether oxygens (including phenoxy) is 1. The third kappa shape index (κ3) is 6.01. The van der Waals surface area contributed by atoms with Crippen LogP contribution in [0, 0.1) is 6.92 Å². The number of anilines is 1. The maximum absolute atomic E-state index is 11.7. The molecule has 0 aromatic carbocycles. The fourth-order valence-corrected chi connectivity index (χ4v) is 3.28. The molecule has 0 aliphatic carbocycles. The van der Waals surface area contributed by atoms with Crippen molar-refractivity contribution in [2.45, 2.75) is 52.5 Å². The quantitative estimate of drug-likeness (QED) is 0.448. The minimum absolute atomic E-state index is 0.319. The van der Waals surface area contributed by atoms with Crippen LogP contribution < -0.4 is 10.6 Å². The Hall–Kier alpha value is -1.14. The van der Waals surface area contributed by atoms with E-state index in [0.717, 1.165) is 16.3 Å². The Bertz CT molecular complexity index is 486. The molecule has 0 fully saturated rings. The van der Waals surface area contributed by atoms with Crippen LogP contribution in [0.15, 0.2) is 6.07 Å². The second kappa shape index (κ2) is 9.00. The van der Waals surface area contributed by atoms with Crippen LogP contribution in [0.4, 0.5) is 5.00 Å². The molecule has 1 unspecified atom stereocenters. The topological polar surface area (TPSA) is 50.4 Å². The number of hydrogen-bond acceptors (Lipinski definition) is 4. The molecule has 6 heteroatoms. The number of methoxy groups -OCH3 is 1. The van der Waals surface area contributed by atoms with Crippen LogP contribution in [0.25, 0.3) is 0 Å².